The van der Waals surface area contributed by atoms with Crippen molar-refractivity contribution in [3.05, 3.63) is 35.9 Å². The van der Waals surface area contributed by atoms with Gasteiger partial charge in [-0.25, -0.2) is 0 Å². The highest BCUT2D eigenvalue weighted by Gasteiger charge is 2.35. The molecule has 3 N–H and O–H groups in total. The minimum atomic E-state index is -1.49. The third-order valence-electron chi connectivity index (χ3n) is 4.02. The third-order valence-corrected chi connectivity index (χ3v) is 4.02. The molecule has 1 aliphatic rings. The van der Waals surface area contributed by atoms with E-state index >= 15 is 0 Å². The van der Waals surface area contributed by atoms with Crippen molar-refractivity contribution in [3.63, 3.8) is 0 Å². The minimum absolute atomic E-state index is 0.0786. The number of aliphatic carboxylic acids is 1. The fraction of sp³-hybridized carbons (Fsp3) is 0.500. The first-order valence-electron chi connectivity index (χ1n) is 7.46. The third kappa shape index (κ3) is 4.05. The van der Waals surface area contributed by atoms with E-state index in [0.29, 0.717) is 19.5 Å². The predicted octanol–water partition coefficient (Wildman–Crippen LogP) is 0.254. The Hall–Kier alpha value is -1.92. The number of carbonyl (C=O) groups excluding carboxylic acids is 1. The molecular formula is C16H22N2O4. The van der Waals surface area contributed by atoms with E-state index in [4.69, 9.17) is 5.11 Å². The fourth-order valence-electron chi connectivity index (χ4n) is 2.84. The Balaban J connectivity index is 2.12. The summed E-state index contributed by atoms with van der Waals surface area (Å²) in [6, 6.07) is 9.80. The first kappa shape index (κ1) is 16.5. The Kier molecular flexibility index (Phi) is 5.51. The molecule has 0 aromatic heterocycles. The number of carbonyl (C=O) groups is 2. The van der Waals surface area contributed by atoms with E-state index in [0.717, 1.165) is 5.56 Å². The highest BCUT2D eigenvalue weighted by atomic mass is 16.4. The van der Waals surface area contributed by atoms with Crippen LogP contribution < -0.4 is 5.32 Å². The predicted molar refractivity (Wildman–Crippen MR) is 81.4 cm³/mol. The second-order valence-corrected chi connectivity index (χ2v) is 5.65. The number of benzene rings is 1. The summed E-state index contributed by atoms with van der Waals surface area (Å²) in [4.78, 5) is 24.7. The topological polar surface area (TPSA) is 89.9 Å². The summed E-state index contributed by atoms with van der Waals surface area (Å²) in [6.45, 7) is 3.10. The molecule has 2 rings (SSSR count). The van der Waals surface area contributed by atoms with E-state index in [-0.39, 0.29) is 12.1 Å². The lowest BCUT2D eigenvalue weighted by atomic mass is 9.96. The number of aliphatic hydroxyl groups excluding tert-OH is 1. The van der Waals surface area contributed by atoms with Crippen molar-refractivity contribution in [2.24, 2.45) is 0 Å². The summed E-state index contributed by atoms with van der Waals surface area (Å²) >= 11 is 0. The summed E-state index contributed by atoms with van der Waals surface area (Å²) in [6.07, 6.45) is -1.38. The average Bonchev–Trinajstić information content (AvgIpc) is 2.49. The van der Waals surface area contributed by atoms with Gasteiger partial charge in [0.05, 0.1) is 12.5 Å². The quantitative estimate of drug-likeness (QED) is 0.726. The number of piperazine rings is 1. The van der Waals surface area contributed by atoms with Gasteiger partial charge in [0.2, 0.25) is 0 Å². The van der Waals surface area contributed by atoms with Crippen LogP contribution in [0.5, 0.6) is 0 Å². The Labute approximate surface area is 129 Å². The van der Waals surface area contributed by atoms with Gasteiger partial charge in [0.25, 0.3) is 5.91 Å². The van der Waals surface area contributed by atoms with E-state index < -0.39 is 24.4 Å². The molecule has 22 heavy (non-hydrogen) atoms. The average molecular weight is 306 g/mol. The standard InChI is InChI=1S/C16H22N2O4/c1-11-13(9-12-5-3-2-4-6-12)18(8-7-17-11)16(22)14(19)10-15(20)21/h2-6,11,13-14,17,19H,7-10H2,1H3,(H,20,21). The van der Waals surface area contributed by atoms with Crippen molar-refractivity contribution in [1.29, 1.82) is 0 Å². The smallest absolute Gasteiger partial charge is 0.306 e. The molecule has 3 atom stereocenters. The maximum absolute atomic E-state index is 12.4. The molecular weight excluding hydrogens is 284 g/mol. The maximum atomic E-state index is 12.4. The molecule has 1 heterocycles. The van der Waals surface area contributed by atoms with Gasteiger partial charge in [-0.15, -0.1) is 0 Å². The van der Waals surface area contributed by atoms with Crippen molar-refractivity contribution < 1.29 is 19.8 Å². The highest BCUT2D eigenvalue weighted by molar-refractivity contribution is 5.85. The summed E-state index contributed by atoms with van der Waals surface area (Å²) in [7, 11) is 0. The van der Waals surface area contributed by atoms with Crippen LogP contribution in [0, 0.1) is 0 Å². The van der Waals surface area contributed by atoms with Crippen LogP contribution in [-0.2, 0) is 16.0 Å². The van der Waals surface area contributed by atoms with E-state index in [2.05, 4.69) is 5.32 Å². The Bertz CT molecular complexity index is 520. The molecule has 6 nitrogen and oxygen atoms in total. The molecule has 0 aliphatic carbocycles. The molecule has 1 fully saturated rings. The van der Waals surface area contributed by atoms with Crippen LogP contribution >= 0.6 is 0 Å². The number of rotatable bonds is 5. The zero-order chi connectivity index (χ0) is 16.1. The van der Waals surface area contributed by atoms with Crippen molar-refractivity contribution in [1.82, 2.24) is 10.2 Å². The van der Waals surface area contributed by atoms with Crippen LogP contribution in [0.3, 0.4) is 0 Å². The van der Waals surface area contributed by atoms with Crippen LogP contribution in [0.4, 0.5) is 0 Å². The monoisotopic (exact) mass is 306 g/mol. The Morgan fingerprint density at radius 3 is 2.68 bits per heavy atom. The Morgan fingerprint density at radius 2 is 2.05 bits per heavy atom. The van der Waals surface area contributed by atoms with Crippen molar-refractivity contribution in [3.8, 4) is 0 Å². The summed E-state index contributed by atoms with van der Waals surface area (Å²) in [5, 5.41) is 21.9. The summed E-state index contributed by atoms with van der Waals surface area (Å²) in [5.41, 5.74) is 1.11. The number of carboxylic acids is 1. The van der Waals surface area contributed by atoms with Crippen LogP contribution in [-0.4, -0.2) is 58.3 Å². The highest BCUT2D eigenvalue weighted by Crippen LogP contribution is 2.17. The van der Waals surface area contributed by atoms with Gasteiger partial charge in [-0.2, -0.15) is 0 Å². The molecule has 1 amide bonds. The molecule has 6 heteroatoms. The van der Waals surface area contributed by atoms with Gasteiger partial charge in [0.1, 0.15) is 6.10 Å². The first-order valence-corrected chi connectivity index (χ1v) is 7.46. The number of amides is 1. The van der Waals surface area contributed by atoms with Gasteiger partial charge in [-0.3, -0.25) is 9.59 Å². The van der Waals surface area contributed by atoms with E-state index in [1.165, 1.54) is 0 Å². The molecule has 3 unspecified atom stereocenters. The number of hydrogen-bond donors (Lipinski definition) is 3. The zero-order valence-corrected chi connectivity index (χ0v) is 12.6. The van der Waals surface area contributed by atoms with Crippen LogP contribution in [0.1, 0.15) is 18.9 Å². The van der Waals surface area contributed by atoms with Crippen molar-refractivity contribution >= 4 is 11.9 Å². The lowest BCUT2D eigenvalue weighted by Crippen LogP contribution is -2.61. The van der Waals surface area contributed by atoms with E-state index in [1.54, 1.807) is 4.90 Å². The normalized spacial score (nSPS) is 23.1. The minimum Gasteiger partial charge on any atom is -0.481 e. The Morgan fingerprint density at radius 1 is 1.36 bits per heavy atom. The number of carboxylic acid groups (broad SMARTS) is 1. The van der Waals surface area contributed by atoms with E-state index in [1.807, 2.05) is 37.3 Å². The number of aliphatic hydroxyl groups is 1. The molecule has 1 aromatic carbocycles. The molecule has 0 saturated carbocycles. The van der Waals surface area contributed by atoms with Crippen LogP contribution in [0.25, 0.3) is 0 Å². The van der Waals surface area contributed by atoms with Gasteiger partial charge in [0.15, 0.2) is 0 Å². The largest absolute Gasteiger partial charge is 0.481 e. The van der Waals surface area contributed by atoms with Gasteiger partial charge in [-0.05, 0) is 18.9 Å². The van der Waals surface area contributed by atoms with E-state index in [9.17, 15) is 14.7 Å². The lowest BCUT2D eigenvalue weighted by Gasteiger charge is -2.41. The lowest BCUT2D eigenvalue weighted by molar-refractivity contribution is -0.151. The second-order valence-electron chi connectivity index (χ2n) is 5.65. The van der Waals surface area contributed by atoms with Crippen molar-refractivity contribution in [2.45, 2.75) is 38.0 Å². The van der Waals surface area contributed by atoms with Gasteiger partial charge < -0.3 is 20.4 Å². The zero-order valence-electron chi connectivity index (χ0n) is 12.6. The first-order chi connectivity index (χ1) is 10.5. The molecule has 0 bridgehead atoms. The van der Waals surface area contributed by atoms with Crippen LogP contribution in [0.2, 0.25) is 0 Å². The molecule has 0 spiro atoms. The summed E-state index contributed by atoms with van der Waals surface area (Å²) < 4.78 is 0. The SMILES string of the molecule is CC1NCCN(C(=O)C(O)CC(=O)O)C1Cc1ccccc1. The fourth-order valence-corrected chi connectivity index (χ4v) is 2.84. The molecule has 1 aromatic rings. The van der Waals surface area contributed by atoms with Gasteiger partial charge in [0, 0.05) is 19.1 Å². The maximum Gasteiger partial charge on any atom is 0.306 e. The molecule has 1 saturated heterocycles. The molecule has 120 valence electrons. The summed E-state index contributed by atoms with van der Waals surface area (Å²) in [5.74, 6) is -1.68. The molecule has 0 radical (unpaired) electrons. The van der Waals surface area contributed by atoms with Gasteiger partial charge in [-0.1, -0.05) is 30.3 Å². The van der Waals surface area contributed by atoms with Crippen molar-refractivity contribution in [2.75, 3.05) is 13.1 Å². The number of nitrogens with one attached hydrogen (secondary N) is 1. The molecule has 1 aliphatic heterocycles. The second kappa shape index (κ2) is 7.38. The number of hydrogen-bond acceptors (Lipinski definition) is 4. The van der Waals surface area contributed by atoms with Gasteiger partial charge >= 0.3 is 5.97 Å². The number of nitrogens with zero attached hydrogens (tertiary/aromatic N) is 1. The van der Waals surface area contributed by atoms with Crippen LogP contribution in [0.15, 0.2) is 30.3 Å².